The number of carbonyl (C=O) groups excluding carboxylic acids is 1. The van der Waals surface area contributed by atoms with E-state index in [-0.39, 0.29) is 11.3 Å². The number of fused-ring (bicyclic) bond motifs is 1. The Morgan fingerprint density at radius 2 is 2.21 bits per heavy atom. The summed E-state index contributed by atoms with van der Waals surface area (Å²) in [5, 5.41) is 10.7. The Labute approximate surface area is 141 Å². The Morgan fingerprint density at radius 3 is 3.00 bits per heavy atom. The molecule has 2 heterocycles. The molecule has 6 nitrogen and oxygen atoms in total. The third kappa shape index (κ3) is 2.82. The molecule has 24 heavy (non-hydrogen) atoms. The highest BCUT2D eigenvalue weighted by molar-refractivity contribution is 5.96. The maximum absolute atomic E-state index is 12.9. The SMILES string of the molecule is O=C(Nc1ccc(Cn2cncn2)cc1)[C@@]12CCCC[C@H]1CNC2. The number of hydrogen-bond acceptors (Lipinski definition) is 4. The lowest BCUT2D eigenvalue weighted by molar-refractivity contribution is -0.128. The van der Waals surface area contributed by atoms with E-state index < -0.39 is 0 Å². The van der Waals surface area contributed by atoms with E-state index in [2.05, 4.69) is 20.7 Å². The molecular formula is C18H23N5O. The number of hydrogen-bond donors (Lipinski definition) is 2. The summed E-state index contributed by atoms with van der Waals surface area (Å²) >= 11 is 0. The normalized spacial score (nSPS) is 26.1. The second-order valence-electron chi connectivity index (χ2n) is 6.97. The number of anilines is 1. The van der Waals surface area contributed by atoms with Crippen LogP contribution in [-0.4, -0.2) is 33.8 Å². The molecule has 0 spiro atoms. The summed E-state index contributed by atoms with van der Waals surface area (Å²) in [6, 6.07) is 8.00. The minimum Gasteiger partial charge on any atom is -0.326 e. The van der Waals surface area contributed by atoms with E-state index in [4.69, 9.17) is 0 Å². The average molecular weight is 325 g/mol. The fourth-order valence-electron chi connectivity index (χ4n) is 4.14. The van der Waals surface area contributed by atoms with Crippen molar-refractivity contribution in [3.05, 3.63) is 42.5 Å². The zero-order valence-electron chi connectivity index (χ0n) is 13.7. The van der Waals surface area contributed by atoms with E-state index in [9.17, 15) is 4.79 Å². The van der Waals surface area contributed by atoms with Crippen LogP contribution in [0.5, 0.6) is 0 Å². The highest BCUT2D eigenvalue weighted by Crippen LogP contribution is 2.44. The molecule has 1 saturated heterocycles. The largest absolute Gasteiger partial charge is 0.326 e. The molecule has 0 radical (unpaired) electrons. The van der Waals surface area contributed by atoms with E-state index in [1.54, 1.807) is 11.0 Å². The lowest BCUT2D eigenvalue weighted by Crippen LogP contribution is -2.44. The van der Waals surface area contributed by atoms with Crippen molar-refractivity contribution >= 4 is 11.6 Å². The number of aromatic nitrogens is 3. The first kappa shape index (κ1) is 15.3. The second kappa shape index (κ2) is 6.36. The molecule has 2 atom stereocenters. The first-order valence-corrected chi connectivity index (χ1v) is 8.70. The van der Waals surface area contributed by atoms with Gasteiger partial charge in [0.25, 0.3) is 0 Å². The van der Waals surface area contributed by atoms with Gasteiger partial charge < -0.3 is 10.6 Å². The Kier molecular flexibility index (Phi) is 4.06. The van der Waals surface area contributed by atoms with Crippen LogP contribution in [0.1, 0.15) is 31.2 Å². The minimum absolute atomic E-state index is 0.182. The van der Waals surface area contributed by atoms with Crippen molar-refractivity contribution in [1.29, 1.82) is 0 Å². The summed E-state index contributed by atoms with van der Waals surface area (Å²) in [5.41, 5.74) is 1.79. The number of nitrogens with zero attached hydrogens (tertiary/aromatic N) is 3. The molecule has 1 saturated carbocycles. The number of carbonyl (C=O) groups is 1. The average Bonchev–Trinajstić information content (AvgIpc) is 3.26. The van der Waals surface area contributed by atoms with E-state index in [1.165, 1.54) is 12.7 Å². The molecular weight excluding hydrogens is 302 g/mol. The third-order valence-electron chi connectivity index (χ3n) is 5.51. The van der Waals surface area contributed by atoms with Gasteiger partial charge in [-0.15, -0.1) is 0 Å². The lowest BCUT2D eigenvalue weighted by Gasteiger charge is -2.37. The van der Waals surface area contributed by atoms with Crippen LogP contribution in [-0.2, 0) is 11.3 Å². The van der Waals surface area contributed by atoms with Crippen LogP contribution in [0.25, 0.3) is 0 Å². The van der Waals surface area contributed by atoms with Gasteiger partial charge in [0.15, 0.2) is 0 Å². The quantitative estimate of drug-likeness (QED) is 0.902. The number of amides is 1. The molecule has 1 amide bonds. The van der Waals surface area contributed by atoms with Gasteiger partial charge in [0.1, 0.15) is 12.7 Å². The predicted molar refractivity (Wildman–Crippen MR) is 91.5 cm³/mol. The van der Waals surface area contributed by atoms with Crippen molar-refractivity contribution in [2.75, 3.05) is 18.4 Å². The zero-order chi connectivity index (χ0) is 16.4. The Morgan fingerprint density at radius 1 is 1.33 bits per heavy atom. The molecule has 1 aromatic carbocycles. The molecule has 1 aliphatic carbocycles. The predicted octanol–water partition coefficient (Wildman–Crippen LogP) is 2.04. The Bertz CT molecular complexity index is 697. The van der Waals surface area contributed by atoms with Crippen LogP contribution in [0.3, 0.4) is 0 Å². The van der Waals surface area contributed by atoms with Gasteiger partial charge in [0.2, 0.25) is 5.91 Å². The van der Waals surface area contributed by atoms with Crippen molar-refractivity contribution in [1.82, 2.24) is 20.1 Å². The number of benzene rings is 1. The van der Waals surface area contributed by atoms with Crippen LogP contribution < -0.4 is 10.6 Å². The minimum atomic E-state index is -0.211. The van der Waals surface area contributed by atoms with Gasteiger partial charge in [-0.2, -0.15) is 5.10 Å². The molecule has 126 valence electrons. The first-order chi connectivity index (χ1) is 11.8. The number of rotatable bonds is 4. The van der Waals surface area contributed by atoms with E-state index in [0.717, 1.165) is 43.6 Å². The highest BCUT2D eigenvalue weighted by Gasteiger charge is 2.49. The van der Waals surface area contributed by atoms with Gasteiger partial charge in [0.05, 0.1) is 12.0 Å². The van der Waals surface area contributed by atoms with E-state index in [1.807, 2.05) is 24.3 Å². The van der Waals surface area contributed by atoms with E-state index in [0.29, 0.717) is 12.5 Å². The van der Waals surface area contributed by atoms with Gasteiger partial charge in [-0.25, -0.2) is 9.67 Å². The van der Waals surface area contributed by atoms with Crippen LogP contribution in [0, 0.1) is 11.3 Å². The fourth-order valence-corrected chi connectivity index (χ4v) is 4.14. The van der Waals surface area contributed by atoms with Crippen molar-refractivity contribution in [3.8, 4) is 0 Å². The van der Waals surface area contributed by atoms with Gasteiger partial charge in [-0.1, -0.05) is 25.0 Å². The smallest absolute Gasteiger partial charge is 0.232 e. The molecule has 0 unspecified atom stereocenters. The zero-order valence-corrected chi connectivity index (χ0v) is 13.7. The van der Waals surface area contributed by atoms with Gasteiger partial charge >= 0.3 is 0 Å². The molecule has 2 aromatic rings. The van der Waals surface area contributed by atoms with Gasteiger partial charge in [0, 0.05) is 12.2 Å². The summed E-state index contributed by atoms with van der Waals surface area (Å²) in [4.78, 5) is 16.9. The van der Waals surface area contributed by atoms with Gasteiger partial charge in [-0.05, 0) is 43.0 Å². The topological polar surface area (TPSA) is 71.8 Å². The monoisotopic (exact) mass is 325 g/mol. The third-order valence-corrected chi connectivity index (χ3v) is 5.51. The molecule has 0 bridgehead atoms. The van der Waals surface area contributed by atoms with Crippen LogP contribution in [0.4, 0.5) is 5.69 Å². The highest BCUT2D eigenvalue weighted by atomic mass is 16.2. The maximum Gasteiger partial charge on any atom is 0.232 e. The van der Waals surface area contributed by atoms with Crippen molar-refractivity contribution in [2.24, 2.45) is 11.3 Å². The molecule has 2 aliphatic rings. The van der Waals surface area contributed by atoms with Crippen molar-refractivity contribution in [3.63, 3.8) is 0 Å². The van der Waals surface area contributed by atoms with Crippen LogP contribution >= 0.6 is 0 Å². The summed E-state index contributed by atoms with van der Waals surface area (Å²) in [5.74, 6) is 0.666. The lowest BCUT2D eigenvalue weighted by atomic mass is 9.67. The fraction of sp³-hybridized carbons (Fsp3) is 0.500. The Hall–Kier alpha value is -2.21. The van der Waals surface area contributed by atoms with Crippen LogP contribution in [0.15, 0.2) is 36.9 Å². The molecule has 1 aromatic heterocycles. The Balaban J connectivity index is 1.44. The van der Waals surface area contributed by atoms with Crippen molar-refractivity contribution in [2.45, 2.75) is 32.2 Å². The summed E-state index contributed by atoms with van der Waals surface area (Å²) in [6.07, 6.45) is 7.80. The summed E-state index contributed by atoms with van der Waals surface area (Å²) in [7, 11) is 0. The molecule has 6 heteroatoms. The summed E-state index contributed by atoms with van der Waals surface area (Å²) in [6.45, 7) is 2.47. The summed E-state index contributed by atoms with van der Waals surface area (Å²) < 4.78 is 1.78. The standard InChI is InChI=1S/C18H23N5O/c24-17(18-8-2-1-3-15(18)9-19-11-18)22-16-6-4-14(5-7-16)10-23-13-20-12-21-23/h4-7,12-13,15,19H,1-3,8-11H2,(H,22,24)/t15-,18+/m0/s1. The van der Waals surface area contributed by atoms with E-state index >= 15 is 0 Å². The van der Waals surface area contributed by atoms with Gasteiger partial charge in [-0.3, -0.25) is 4.79 Å². The molecule has 4 rings (SSSR count). The molecule has 2 N–H and O–H groups in total. The second-order valence-corrected chi connectivity index (χ2v) is 6.97. The van der Waals surface area contributed by atoms with Crippen molar-refractivity contribution < 1.29 is 4.79 Å². The molecule has 2 fully saturated rings. The maximum atomic E-state index is 12.9. The first-order valence-electron chi connectivity index (χ1n) is 8.70. The number of nitrogens with one attached hydrogen (secondary N) is 2. The van der Waals surface area contributed by atoms with Crippen LogP contribution in [0.2, 0.25) is 0 Å². The molecule has 1 aliphatic heterocycles.